The zero-order chi connectivity index (χ0) is 24.0. The summed E-state index contributed by atoms with van der Waals surface area (Å²) in [5.41, 5.74) is 2.89. The standard InChI is InChI=1S/C29H34N2O3/c1-2-34-22-12-21-30-29(33)28(26-17-10-5-11-18-26)31(23-25-15-8-4-9-16-25)27(32)20-19-24-13-6-3-7-14-24/h3-11,13-18,28H,2,12,19-23H2,1H3,(H,30,33)/t28-/m1/s1. The van der Waals surface area contributed by atoms with Crippen molar-refractivity contribution in [3.05, 3.63) is 108 Å². The van der Waals surface area contributed by atoms with Gasteiger partial charge in [0.05, 0.1) is 0 Å². The lowest BCUT2D eigenvalue weighted by molar-refractivity contribution is -0.141. The molecule has 3 aromatic carbocycles. The van der Waals surface area contributed by atoms with Crippen LogP contribution in [-0.4, -0.2) is 36.5 Å². The van der Waals surface area contributed by atoms with Crippen molar-refractivity contribution in [3.8, 4) is 0 Å². The Balaban J connectivity index is 1.83. The summed E-state index contributed by atoms with van der Waals surface area (Å²) >= 11 is 0. The van der Waals surface area contributed by atoms with E-state index in [9.17, 15) is 9.59 Å². The summed E-state index contributed by atoms with van der Waals surface area (Å²) < 4.78 is 5.38. The van der Waals surface area contributed by atoms with Crippen LogP contribution in [0.15, 0.2) is 91.0 Å². The number of amides is 2. The van der Waals surface area contributed by atoms with E-state index in [0.717, 1.165) is 23.1 Å². The van der Waals surface area contributed by atoms with E-state index in [2.05, 4.69) is 5.32 Å². The van der Waals surface area contributed by atoms with E-state index >= 15 is 0 Å². The second-order valence-corrected chi connectivity index (χ2v) is 8.15. The predicted octanol–water partition coefficient (Wildman–Crippen LogP) is 4.93. The SMILES string of the molecule is CCOCCCNC(=O)[C@@H](c1ccccc1)N(Cc1ccccc1)C(=O)CCc1ccccc1. The molecule has 5 nitrogen and oxygen atoms in total. The highest BCUT2D eigenvalue weighted by Gasteiger charge is 2.31. The van der Waals surface area contributed by atoms with E-state index < -0.39 is 6.04 Å². The third-order valence-corrected chi connectivity index (χ3v) is 5.63. The van der Waals surface area contributed by atoms with Crippen LogP contribution >= 0.6 is 0 Å². The molecular weight excluding hydrogens is 424 g/mol. The van der Waals surface area contributed by atoms with Gasteiger partial charge < -0.3 is 15.0 Å². The third kappa shape index (κ3) is 7.85. The summed E-state index contributed by atoms with van der Waals surface area (Å²) in [6.07, 6.45) is 1.68. The van der Waals surface area contributed by atoms with Crippen LogP contribution in [0.1, 0.15) is 42.5 Å². The number of nitrogens with zero attached hydrogens (tertiary/aromatic N) is 1. The van der Waals surface area contributed by atoms with Crippen LogP contribution in [0.4, 0.5) is 0 Å². The molecule has 3 rings (SSSR count). The number of benzene rings is 3. The summed E-state index contributed by atoms with van der Waals surface area (Å²) in [6.45, 7) is 4.06. The Labute approximate surface area is 202 Å². The minimum atomic E-state index is -0.711. The number of rotatable bonds is 13. The molecule has 0 radical (unpaired) electrons. The van der Waals surface area contributed by atoms with Crippen molar-refractivity contribution in [3.63, 3.8) is 0 Å². The van der Waals surface area contributed by atoms with Gasteiger partial charge in [-0.3, -0.25) is 9.59 Å². The number of nitrogens with one attached hydrogen (secondary N) is 1. The van der Waals surface area contributed by atoms with Crippen LogP contribution in [0, 0.1) is 0 Å². The molecule has 3 aromatic rings. The maximum Gasteiger partial charge on any atom is 0.247 e. The molecule has 0 aliphatic carbocycles. The summed E-state index contributed by atoms with van der Waals surface area (Å²) in [5.74, 6) is -0.224. The van der Waals surface area contributed by atoms with Gasteiger partial charge in [-0.05, 0) is 36.5 Å². The number of hydrogen-bond donors (Lipinski definition) is 1. The van der Waals surface area contributed by atoms with Gasteiger partial charge in [0.25, 0.3) is 0 Å². The average molecular weight is 459 g/mol. The molecule has 0 unspecified atom stereocenters. The number of carbonyl (C=O) groups excluding carboxylic acids is 2. The molecule has 0 saturated carbocycles. The Morgan fingerprint density at radius 1 is 0.853 bits per heavy atom. The fourth-order valence-electron chi connectivity index (χ4n) is 3.88. The first-order chi connectivity index (χ1) is 16.7. The zero-order valence-electron chi connectivity index (χ0n) is 19.9. The number of aryl methyl sites for hydroxylation is 1. The van der Waals surface area contributed by atoms with E-state index in [1.807, 2.05) is 97.9 Å². The largest absolute Gasteiger partial charge is 0.382 e. The van der Waals surface area contributed by atoms with Gasteiger partial charge in [0, 0.05) is 32.7 Å². The normalized spacial score (nSPS) is 11.6. The first kappa shape index (κ1) is 25.2. The van der Waals surface area contributed by atoms with Gasteiger partial charge in [-0.25, -0.2) is 0 Å². The highest BCUT2D eigenvalue weighted by atomic mass is 16.5. The van der Waals surface area contributed by atoms with Crippen molar-refractivity contribution in [1.29, 1.82) is 0 Å². The van der Waals surface area contributed by atoms with Gasteiger partial charge in [-0.15, -0.1) is 0 Å². The molecule has 0 aromatic heterocycles. The zero-order valence-corrected chi connectivity index (χ0v) is 19.9. The van der Waals surface area contributed by atoms with Gasteiger partial charge in [-0.1, -0.05) is 91.0 Å². The monoisotopic (exact) mass is 458 g/mol. The van der Waals surface area contributed by atoms with Gasteiger partial charge in [-0.2, -0.15) is 0 Å². The Hall–Kier alpha value is -3.44. The first-order valence-corrected chi connectivity index (χ1v) is 12.0. The van der Waals surface area contributed by atoms with E-state index in [1.54, 1.807) is 4.90 Å². The molecule has 0 aliphatic rings. The third-order valence-electron chi connectivity index (χ3n) is 5.63. The van der Waals surface area contributed by atoms with E-state index in [4.69, 9.17) is 4.74 Å². The fourth-order valence-corrected chi connectivity index (χ4v) is 3.88. The number of hydrogen-bond acceptors (Lipinski definition) is 3. The van der Waals surface area contributed by atoms with Crippen molar-refractivity contribution in [2.45, 2.75) is 38.8 Å². The molecule has 0 spiro atoms. The van der Waals surface area contributed by atoms with E-state index in [-0.39, 0.29) is 11.8 Å². The molecule has 0 bridgehead atoms. The van der Waals surface area contributed by atoms with Crippen LogP contribution in [0.2, 0.25) is 0 Å². The molecule has 0 heterocycles. The number of carbonyl (C=O) groups is 2. The summed E-state index contributed by atoms with van der Waals surface area (Å²) in [7, 11) is 0. The summed E-state index contributed by atoms with van der Waals surface area (Å²) in [5, 5.41) is 3.02. The van der Waals surface area contributed by atoms with Crippen molar-refractivity contribution in [2.75, 3.05) is 19.8 Å². The lowest BCUT2D eigenvalue weighted by atomic mass is 10.0. The molecule has 2 amide bonds. The van der Waals surface area contributed by atoms with E-state index in [1.165, 1.54) is 0 Å². The summed E-state index contributed by atoms with van der Waals surface area (Å²) in [4.78, 5) is 28.7. The first-order valence-electron chi connectivity index (χ1n) is 12.0. The van der Waals surface area contributed by atoms with Crippen LogP contribution in [-0.2, 0) is 27.3 Å². The molecule has 1 atom stereocenters. The van der Waals surface area contributed by atoms with E-state index in [0.29, 0.717) is 39.1 Å². The van der Waals surface area contributed by atoms with Gasteiger partial charge in [0.2, 0.25) is 11.8 Å². The van der Waals surface area contributed by atoms with Crippen LogP contribution < -0.4 is 5.32 Å². The second kappa shape index (κ2) is 14.0. The predicted molar refractivity (Wildman–Crippen MR) is 135 cm³/mol. The Morgan fingerprint density at radius 3 is 2.06 bits per heavy atom. The molecular formula is C29H34N2O3. The Bertz CT molecular complexity index is 994. The highest BCUT2D eigenvalue weighted by Crippen LogP contribution is 2.25. The lowest BCUT2D eigenvalue weighted by Gasteiger charge is -2.32. The van der Waals surface area contributed by atoms with Crippen molar-refractivity contribution in [1.82, 2.24) is 10.2 Å². The molecule has 0 fully saturated rings. The smallest absolute Gasteiger partial charge is 0.247 e. The summed E-state index contributed by atoms with van der Waals surface area (Å²) in [6, 6.07) is 28.6. The molecule has 0 aliphatic heterocycles. The van der Waals surface area contributed by atoms with Gasteiger partial charge >= 0.3 is 0 Å². The van der Waals surface area contributed by atoms with Gasteiger partial charge in [0.15, 0.2) is 0 Å². The Morgan fingerprint density at radius 2 is 1.44 bits per heavy atom. The van der Waals surface area contributed by atoms with Crippen molar-refractivity contribution >= 4 is 11.8 Å². The maximum absolute atomic E-state index is 13.6. The second-order valence-electron chi connectivity index (χ2n) is 8.15. The molecule has 1 N–H and O–H groups in total. The Kier molecular flexibility index (Phi) is 10.3. The van der Waals surface area contributed by atoms with Crippen LogP contribution in [0.25, 0.3) is 0 Å². The number of ether oxygens (including phenoxy) is 1. The topological polar surface area (TPSA) is 58.6 Å². The fraction of sp³-hybridized carbons (Fsp3) is 0.310. The highest BCUT2D eigenvalue weighted by molar-refractivity contribution is 5.88. The van der Waals surface area contributed by atoms with Crippen molar-refractivity contribution < 1.29 is 14.3 Å². The molecule has 0 saturated heterocycles. The molecule has 5 heteroatoms. The lowest BCUT2D eigenvalue weighted by Crippen LogP contribution is -2.43. The average Bonchev–Trinajstić information content (AvgIpc) is 2.88. The van der Waals surface area contributed by atoms with Crippen molar-refractivity contribution in [2.24, 2.45) is 0 Å². The van der Waals surface area contributed by atoms with Crippen LogP contribution in [0.3, 0.4) is 0 Å². The van der Waals surface area contributed by atoms with Gasteiger partial charge in [0.1, 0.15) is 6.04 Å². The quantitative estimate of drug-likeness (QED) is 0.370. The van der Waals surface area contributed by atoms with Crippen LogP contribution in [0.5, 0.6) is 0 Å². The minimum Gasteiger partial charge on any atom is -0.382 e. The molecule has 178 valence electrons. The maximum atomic E-state index is 13.6. The molecule has 34 heavy (non-hydrogen) atoms. The minimum absolute atomic E-state index is 0.0500.